The Balaban J connectivity index is 1.93. The van der Waals surface area contributed by atoms with E-state index in [9.17, 15) is 14.0 Å². The largest absolute Gasteiger partial charge is 0.396 e. The Bertz CT molecular complexity index is 499. The van der Waals surface area contributed by atoms with Crippen molar-refractivity contribution in [1.29, 1.82) is 0 Å². The van der Waals surface area contributed by atoms with Gasteiger partial charge in [0.1, 0.15) is 5.82 Å². The van der Waals surface area contributed by atoms with Crippen LogP contribution in [0, 0.1) is 11.7 Å². The van der Waals surface area contributed by atoms with E-state index in [0.29, 0.717) is 25.9 Å². The van der Waals surface area contributed by atoms with Gasteiger partial charge in [0.05, 0.1) is 5.69 Å². The first-order valence-electron chi connectivity index (χ1n) is 6.57. The zero-order valence-electron chi connectivity index (χ0n) is 11.0. The lowest BCUT2D eigenvalue weighted by atomic mass is 9.98. The molecule has 0 bridgehead atoms. The second-order valence-electron chi connectivity index (χ2n) is 4.85. The minimum Gasteiger partial charge on any atom is -0.396 e. The molecule has 20 heavy (non-hydrogen) atoms. The molecule has 6 heteroatoms. The van der Waals surface area contributed by atoms with Crippen molar-refractivity contribution in [2.24, 2.45) is 5.92 Å². The molecular weight excluding hydrogens is 263 g/mol. The van der Waals surface area contributed by atoms with Gasteiger partial charge in [-0.2, -0.15) is 0 Å². The molecule has 108 valence electrons. The fraction of sp³-hybridized carbons (Fsp3) is 0.429. The number of nitrogens with one attached hydrogen (secondary N) is 1. The molecule has 2 amide bonds. The summed E-state index contributed by atoms with van der Waals surface area (Å²) in [6, 6.07) is 5.70. The maximum Gasteiger partial charge on any atom is 0.313 e. The van der Waals surface area contributed by atoms with Gasteiger partial charge in [0.2, 0.25) is 0 Å². The van der Waals surface area contributed by atoms with Gasteiger partial charge in [0.25, 0.3) is 0 Å². The van der Waals surface area contributed by atoms with Gasteiger partial charge in [0, 0.05) is 19.7 Å². The summed E-state index contributed by atoms with van der Waals surface area (Å²) in [7, 11) is 0. The summed E-state index contributed by atoms with van der Waals surface area (Å²) in [5, 5.41) is 11.3. The molecule has 1 heterocycles. The Morgan fingerprint density at radius 3 is 2.55 bits per heavy atom. The van der Waals surface area contributed by atoms with Gasteiger partial charge in [-0.15, -0.1) is 0 Å². The Morgan fingerprint density at radius 1 is 1.30 bits per heavy atom. The molecule has 1 saturated heterocycles. The molecule has 0 atom stereocenters. The molecule has 0 spiro atoms. The van der Waals surface area contributed by atoms with Gasteiger partial charge in [-0.05, 0) is 30.9 Å². The van der Waals surface area contributed by atoms with Gasteiger partial charge < -0.3 is 15.3 Å². The quantitative estimate of drug-likeness (QED) is 0.794. The van der Waals surface area contributed by atoms with E-state index in [2.05, 4.69) is 5.32 Å². The standard InChI is InChI=1S/C14H17FN2O3/c15-11-3-1-2-4-12(11)16-13(19)14(20)17-7-5-10(9-18)6-8-17/h1-4,10,18H,5-9H2,(H,16,19). The van der Waals surface area contributed by atoms with E-state index in [1.807, 2.05) is 0 Å². The van der Waals surface area contributed by atoms with Gasteiger partial charge in [0.15, 0.2) is 0 Å². The highest BCUT2D eigenvalue weighted by molar-refractivity contribution is 6.39. The molecule has 0 saturated carbocycles. The van der Waals surface area contributed by atoms with Crippen molar-refractivity contribution < 1.29 is 19.1 Å². The van der Waals surface area contributed by atoms with Crippen LogP contribution in [0.2, 0.25) is 0 Å². The fourth-order valence-electron chi connectivity index (χ4n) is 2.20. The SMILES string of the molecule is O=C(Nc1ccccc1F)C(=O)N1CCC(CO)CC1. The monoisotopic (exact) mass is 280 g/mol. The molecule has 0 aromatic heterocycles. The summed E-state index contributed by atoms with van der Waals surface area (Å²) < 4.78 is 13.4. The van der Waals surface area contributed by atoms with Crippen molar-refractivity contribution in [1.82, 2.24) is 4.90 Å². The summed E-state index contributed by atoms with van der Waals surface area (Å²) in [6.45, 7) is 0.979. The highest BCUT2D eigenvalue weighted by atomic mass is 19.1. The summed E-state index contributed by atoms with van der Waals surface area (Å²) in [6.07, 6.45) is 1.35. The van der Waals surface area contributed by atoms with Crippen molar-refractivity contribution in [2.75, 3.05) is 25.0 Å². The van der Waals surface area contributed by atoms with E-state index in [0.717, 1.165) is 0 Å². The number of amides is 2. The first-order valence-corrected chi connectivity index (χ1v) is 6.57. The Kier molecular flexibility index (Phi) is 4.68. The lowest BCUT2D eigenvalue weighted by Gasteiger charge is -2.30. The molecule has 1 fully saturated rings. The smallest absolute Gasteiger partial charge is 0.313 e. The van der Waals surface area contributed by atoms with Crippen LogP contribution in [0.4, 0.5) is 10.1 Å². The second-order valence-corrected chi connectivity index (χ2v) is 4.85. The fourth-order valence-corrected chi connectivity index (χ4v) is 2.20. The third kappa shape index (κ3) is 3.33. The van der Waals surface area contributed by atoms with Crippen LogP contribution in [0.25, 0.3) is 0 Å². The predicted molar refractivity (Wildman–Crippen MR) is 71.4 cm³/mol. The number of aliphatic hydroxyl groups excluding tert-OH is 1. The van der Waals surface area contributed by atoms with E-state index < -0.39 is 17.6 Å². The number of carbonyl (C=O) groups excluding carboxylic acids is 2. The molecular formula is C14H17FN2O3. The van der Waals surface area contributed by atoms with Crippen LogP contribution in [0.3, 0.4) is 0 Å². The Morgan fingerprint density at radius 2 is 1.95 bits per heavy atom. The van der Waals surface area contributed by atoms with E-state index >= 15 is 0 Å². The summed E-state index contributed by atoms with van der Waals surface area (Å²) >= 11 is 0. The molecule has 2 rings (SSSR count). The number of likely N-dealkylation sites (tertiary alicyclic amines) is 1. The molecule has 0 unspecified atom stereocenters. The third-order valence-corrected chi connectivity index (χ3v) is 3.48. The molecule has 2 N–H and O–H groups in total. The number of benzene rings is 1. The minimum atomic E-state index is -0.836. The Labute approximate surface area is 116 Å². The topological polar surface area (TPSA) is 69.6 Å². The molecule has 1 aliphatic heterocycles. The number of hydrogen-bond acceptors (Lipinski definition) is 3. The summed E-state index contributed by atoms with van der Waals surface area (Å²) in [4.78, 5) is 25.2. The Hall–Kier alpha value is -1.95. The first-order chi connectivity index (χ1) is 9.61. The first kappa shape index (κ1) is 14.5. The van der Waals surface area contributed by atoms with Crippen molar-refractivity contribution in [3.05, 3.63) is 30.1 Å². The second kappa shape index (κ2) is 6.47. The number of halogens is 1. The average molecular weight is 280 g/mol. The van der Waals surface area contributed by atoms with Crippen LogP contribution >= 0.6 is 0 Å². The number of anilines is 1. The molecule has 1 aromatic rings. The van der Waals surface area contributed by atoms with Crippen molar-refractivity contribution in [2.45, 2.75) is 12.8 Å². The number of rotatable bonds is 2. The molecule has 0 aliphatic carbocycles. The third-order valence-electron chi connectivity index (χ3n) is 3.48. The number of para-hydroxylation sites is 1. The van der Waals surface area contributed by atoms with Gasteiger partial charge in [-0.1, -0.05) is 12.1 Å². The number of carbonyl (C=O) groups is 2. The lowest BCUT2D eigenvalue weighted by molar-refractivity contribution is -0.144. The van der Waals surface area contributed by atoms with Crippen LogP contribution < -0.4 is 5.32 Å². The van der Waals surface area contributed by atoms with E-state index in [-0.39, 0.29) is 18.2 Å². The van der Waals surface area contributed by atoms with Crippen molar-refractivity contribution >= 4 is 17.5 Å². The van der Waals surface area contributed by atoms with Crippen LogP contribution in [0.15, 0.2) is 24.3 Å². The average Bonchev–Trinajstić information content (AvgIpc) is 2.49. The number of hydrogen-bond donors (Lipinski definition) is 2. The predicted octanol–water partition coefficient (Wildman–Crippen LogP) is 0.995. The van der Waals surface area contributed by atoms with Gasteiger partial charge in [-0.3, -0.25) is 9.59 Å². The maximum absolute atomic E-state index is 13.4. The minimum absolute atomic E-state index is 0.00362. The number of aliphatic hydroxyl groups is 1. The molecule has 1 aliphatic rings. The van der Waals surface area contributed by atoms with Gasteiger partial charge in [-0.25, -0.2) is 4.39 Å². The van der Waals surface area contributed by atoms with Crippen molar-refractivity contribution in [3.63, 3.8) is 0 Å². The zero-order valence-corrected chi connectivity index (χ0v) is 11.0. The zero-order chi connectivity index (χ0) is 14.5. The summed E-state index contributed by atoms with van der Waals surface area (Å²) in [5.74, 6) is -1.89. The molecule has 5 nitrogen and oxygen atoms in total. The number of piperidine rings is 1. The van der Waals surface area contributed by atoms with Crippen LogP contribution in [0.5, 0.6) is 0 Å². The number of nitrogens with zero attached hydrogens (tertiary/aromatic N) is 1. The summed E-state index contributed by atoms with van der Waals surface area (Å²) in [5.41, 5.74) is -0.00362. The van der Waals surface area contributed by atoms with Crippen molar-refractivity contribution in [3.8, 4) is 0 Å². The highest BCUT2D eigenvalue weighted by Crippen LogP contribution is 2.17. The van der Waals surface area contributed by atoms with E-state index in [1.165, 1.54) is 23.1 Å². The normalized spacial score (nSPS) is 16.0. The maximum atomic E-state index is 13.4. The molecule has 1 aromatic carbocycles. The van der Waals surface area contributed by atoms with E-state index in [4.69, 9.17) is 5.11 Å². The van der Waals surface area contributed by atoms with Crippen LogP contribution in [-0.2, 0) is 9.59 Å². The molecule has 0 radical (unpaired) electrons. The highest BCUT2D eigenvalue weighted by Gasteiger charge is 2.27. The van der Waals surface area contributed by atoms with Crippen LogP contribution in [-0.4, -0.2) is 41.5 Å². The lowest BCUT2D eigenvalue weighted by Crippen LogP contribution is -2.44. The van der Waals surface area contributed by atoms with Crippen LogP contribution in [0.1, 0.15) is 12.8 Å². The van der Waals surface area contributed by atoms with E-state index in [1.54, 1.807) is 6.07 Å². The van der Waals surface area contributed by atoms with Gasteiger partial charge >= 0.3 is 11.8 Å².